The summed E-state index contributed by atoms with van der Waals surface area (Å²) >= 11 is 3.36. The summed E-state index contributed by atoms with van der Waals surface area (Å²) in [5, 5.41) is 12.2. The van der Waals surface area contributed by atoms with E-state index >= 15 is 0 Å². The molecule has 0 unspecified atom stereocenters. The Morgan fingerprint density at radius 2 is 1.90 bits per heavy atom. The van der Waals surface area contributed by atoms with Crippen molar-refractivity contribution >= 4 is 27.5 Å². The third-order valence-electron chi connectivity index (χ3n) is 3.37. The zero-order chi connectivity index (χ0) is 15.2. The minimum atomic E-state index is -0.213. The number of amides is 1. The zero-order valence-electron chi connectivity index (χ0n) is 11.8. The fourth-order valence-corrected chi connectivity index (χ4v) is 2.29. The lowest BCUT2D eigenvalue weighted by Crippen LogP contribution is -2.47. The lowest BCUT2D eigenvalue weighted by atomic mass is 10.2. The Morgan fingerprint density at radius 3 is 2.48 bits per heavy atom. The highest BCUT2D eigenvalue weighted by atomic mass is 79.9. The van der Waals surface area contributed by atoms with Gasteiger partial charge in [0.25, 0.3) is 5.91 Å². The Hall–Kier alpha value is -1.84. The third-order valence-corrected chi connectivity index (χ3v) is 3.90. The van der Waals surface area contributed by atoms with Crippen molar-refractivity contribution in [2.75, 3.05) is 38.5 Å². The van der Waals surface area contributed by atoms with E-state index in [0.717, 1.165) is 23.2 Å². The van der Waals surface area contributed by atoms with E-state index in [4.69, 9.17) is 0 Å². The van der Waals surface area contributed by atoms with Crippen LogP contribution in [0.1, 0.15) is 0 Å². The zero-order valence-corrected chi connectivity index (χ0v) is 13.4. The van der Waals surface area contributed by atoms with Crippen LogP contribution < -0.4 is 5.32 Å². The van der Waals surface area contributed by atoms with Crippen LogP contribution in [0.15, 0.2) is 40.5 Å². The van der Waals surface area contributed by atoms with E-state index in [2.05, 4.69) is 26.1 Å². The van der Waals surface area contributed by atoms with Crippen LogP contribution in [0.25, 0.3) is 0 Å². The van der Waals surface area contributed by atoms with Crippen LogP contribution >= 0.6 is 15.9 Å². The van der Waals surface area contributed by atoms with E-state index < -0.39 is 0 Å². The standard InChI is InChI=1S/C15H17BrN4O/c1-19-6-8-20(9-7-19)15(21)12(10-17)11-18-14-4-2-13(16)3-5-14/h2-5,11,18H,6-9H2,1H3/b12-11-. The van der Waals surface area contributed by atoms with Gasteiger partial charge in [0.2, 0.25) is 0 Å². The molecule has 1 amide bonds. The van der Waals surface area contributed by atoms with E-state index in [-0.39, 0.29) is 11.5 Å². The molecule has 0 bridgehead atoms. The highest BCUT2D eigenvalue weighted by Gasteiger charge is 2.21. The molecular weight excluding hydrogens is 332 g/mol. The predicted molar refractivity (Wildman–Crippen MR) is 85.5 cm³/mol. The van der Waals surface area contributed by atoms with Crippen LogP contribution in [0.4, 0.5) is 5.69 Å². The summed E-state index contributed by atoms with van der Waals surface area (Å²) in [6, 6.07) is 9.51. The number of carbonyl (C=O) groups is 1. The first kappa shape index (κ1) is 15.5. The number of piperazine rings is 1. The molecule has 1 aromatic carbocycles. The summed E-state index contributed by atoms with van der Waals surface area (Å²) in [5.74, 6) is -0.213. The van der Waals surface area contributed by atoms with Crippen LogP contribution in [0, 0.1) is 11.3 Å². The molecule has 0 atom stereocenters. The van der Waals surface area contributed by atoms with Gasteiger partial charge >= 0.3 is 0 Å². The summed E-state index contributed by atoms with van der Waals surface area (Å²) in [7, 11) is 2.03. The van der Waals surface area contributed by atoms with Gasteiger partial charge in [-0.3, -0.25) is 4.79 Å². The van der Waals surface area contributed by atoms with Gasteiger partial charge in [0, 0.05) is 42.5 Å². The number of hydrogen-bond acceptors (Lipinski definition) is 4. The molecule has 1 fully saturated rings. The molecule has 6 heteroatoms. The molecular formula is C15H17BrN4O. The number of halogens is 1. The van der Waals surface area contributed by atoms with Gasteiger partial charge in [-0.2, -0.15) is 5.26 Å². The summed E-state index contributed by atoms with van der Waals surface area (Å²) in [6.45, 7) is 2.99. The minimum Gasteiger partial charge on any atom is -0.360 e. The fraction of sp³-hybridized carbons (Fsp3) is 0.333. The first-order valence-electron chi connectivity index (χ1n) is 6.70. The topological polar surface area (TPSA) is 59.4 Å². The molecule has 2 rings (SSSR count). The second kappa shape index (κ2) is 7.25. The van der Waals surface area contributed by atoms with Crippen LogP contribution in [0.2, 0.25) is 0 Å². The molecule has 0 radical (unpaired) electrons. The summed E-state index contributed by atoms with van der Waals surface area (Å²) in [4.78, 5) is 16.2. The van der Waals surface area contributed by atoms with E-state index in [9.17, 15) is 10.1 Å². The van der Waals surface area contributed by atoms with Crippen molar-refractivity contribution in [2.24, 2.45) is 0 Å². The number of nitriles is 1. The van der Waals surface area contributed by atoms with Gasteiger partial charge in [0.1, 0.15) is 11.6 Å². The molecule has 0 saturated carbocycles. The second-order valence-electron chi connectivity index (χ2n) is 4.92. The lowest BCUT2D eigenvalue weighted by molar-refractivity contribution is -0.128. The van der Waals surface area contributed by atoms with Crippen molar-refractivity contribution in [3.63, 3.8) is 0 Å². The average molecular weight is 349 g/mol. The largest absolute Gasteiger partial charge is 0.360 e. The smallest absolute Gasteiger partial charge is 0.266 e. The van der Waals surface area contributed by atoms with Crippen LogP contribution in [-0.2, 0) is 4.79 Å². The van der Waals surface area contributed by atoms with E-state index in [0.29, 0.717) is 13.1 Å². The van der Waals surface area contributed by atoms with Gasteiger partial charge in [-0.15, -0.1) is 0 Å². The van der Waals surface area contributed by atoms with Crippen molar-refractivity contribution in [3.8, 4) is 6.07 Å². The molecule has 1 N–H and O–H groups in total. The molecule has 1 aliphatic heterocycles. The molecule has 1 saturated heterocycles. The molecule has 1 heterocycles. The molecule has 5 nitrogen and oxygen atoms in total. The van der Waals surface area contributed by atoms with Crippen LogP contribution in [0.3, 0.4) is 0 Å². The summed E-state index contributed by atoms with van der Waals surface area (Å²) in [5.41, 5.74) is 0.958. The monoisotopic (exact) mass is 348 g/mol. The van der Waals surface area contributed by atoms with Gasteiger partial charge in [0.05, 0.1) is 0 Å². The van der Waals surface area contributed by atoms with Crippen molar-refractivity contribution in [1.82, 2.24) is 9.80 Å². The molecule has 1 aromatic rings. The lowest BCUT2D eigenvalue weighted by Gasteiger charge is -2.32. The Bertz CT molecular complexity index is 568. The van der Waals surface area contributed by atoms with Crippen molar-refractivity contribution in [1.29, 1.82) is 5.26 Å². The van der Waals surface area contributed by atoms with Crippen molar-refractivity contribution in [2.45, 2.75) is 0 Å². The Balaban J connectivity index is 2.01. The van der Waals surface area contributed by atoms with Gasteiger partial charge in [-0.05, 0) is 31.3 Å². The Morgan fingerprint density at radius 1 is 1.29 bits per heavy atom. The molecule has 110 valence electrons. The average Bonchev–Trinajstić information content (AvgIpc) is 2.50. The van der Waals surface area contributed by atoms with E-state index in [1.54, 1.807) is 4.90 Å². The Labute approximate surface area is 133 Å². The van der Waals surface area contributed by atoms with Crippen molar-refractivity contribution in [3.05, 3.63) is 40.5 Å². The predicted octanol–water partition coefficient (Wildman–Crippen LogP) is 2.04. The maximum absolute atomic E-state index is 12.3. The first-order valence-corrected chi connectivity index (χ1v) is 7.49. The molecule has 1 aliphatic rings. The second-order valence-corrected chi connectivity index (χ2v) is 5.83. The third kappa shape index (κ3) is 4.31. The number of nitrogens with one attached hydrogen (secondary N) is 1. The highest BCUT2D eigenvalue weighted by molar-refractivity contribution is 9.10. The maximum Gasteiger partial charge on any atom is 0.266 e. The van der Waals surface area contributed by atoms with E-state index in [1.807, 2.05) is 37.4 Å². The SMILES string of the molecule is CN1CCN(C(=O)/C(C#N)=C\Nc2ccc(Br)cc2)CC1. The number of rotatable bonds is 3. The summed E-state index contributed by atoms with van der Waals surface area (Å²) in [6.07, 6.45) is 1.48. The number of hydrogen-bond donors (Lipinski definition) is 1. The van der Waals surface area contributed by atoms with Crippen molar-refractivity contribution < 1.29 is 4.79 Å². The van der Waals surface area contributed by atoms with Crippen LogP contribution in [0.5, 0.6) is 0 Å². The quantitative estimate of drug-likeness (QED) is 0.670. The first-order chi connectivity index (χ1) is 10.1. The van der Waals surface area contributed by atoms with E-state index in [1.165, 1.54) is 6.20 Å². The number of benzene rings is 1. The van der Waals surface area contributed by atoms with Gasteiger partial charge in [-0.25, -0.2) is 0 Å². The molecule has 0 spiro atoms. The number of carbonyl (C=O) groups excluding carboxylic acids is 1. The molecule has 0 aliphatic carbocycles. The fourth-order valence-electron chi connectivity index (χ4n) is 2.02. The van der Waals surface area contributed by atoms with Crippen LogP contribution in [-0.4, -0.2) is 48.9 Å². The van der Waals surface area contributed by atoms with Gasteiger partial charge in [-0.1, -0.05) is 15.9 Å². The molecule has 21 heavy (non-hydrogen) atoms. The van der Waals surface area contributed by atoms with Gasteiger partial charge < -0.3 is 15.1 Å². The van der Waals surface area contributed by atoms with Gasteiger partial charge in [0.15, 0.2) is 0 Å². The Kier molecular flexibility index (Phi) is 5.37. The molecule has 0 aromatic heterocycles. The normalized spacial score (nSPS) is 16.4. The minimum absolute atomic E-state index is 0.127. The number of likely N-dealkylation sites (N-methyl/N-ethyl adjacent to an activating group) is 1. The number of nitrogens with zero attached hydrogens (tertiary/aromatic N) is 3. The number of anilines is 1. The maximum atomic E-state index is 12.3. The summed E-state index contributed by atoms with van der Waals surface area (Å²) < 4.78 is 0.978. The highest BCUT2D eigenvalue weighted by Crippen LogP contribution is 2.14.